The number of halogens is 1. The number of rotatable bonds is 7. The molecule has 1 aliphatic rings. The van der Waals surface area contributed by atoms with Gasteiger partial charge in [0.15, 0.2) is 5.96 Å². The normalized spacial score (nSPS) is 16.8. The molecule has 1 fully saturated rings. The summed E-state index contributed by atoms with van der Waals surface area (Å²) >= 11 is 0. The van der Waals surface area contributed by atoms with Crippen LogP contribution in [0.1, 0.15) is 36.5 Å². The second kappa shape index (κ2) is 12.4. The Hall–Kier alpha value is -2.04. The third-order valence-corrected chi connectivity index (χ3v) is 4.45. The van der Waals surface area contributed by atoms with Crippen LogP contribution in [0.4, 0.5) is 0 Å². The number of aliphatic imine (C=N–C) groups is 1. The first-order chi connectivity index (χ1) is 13.0. The largest absolute Gasteiger partial charge is 0.507 e. The van der Waals surface area contributed by atoms with Gasteiger partial charge in [-0.25, -0.2) is 0 Å². The van der Waals surface area contributed by atoms with Gasteiger partial charge in [0.25, 0.3) is 5.91 Å². The fraction of sp³-hybridized carbons (Fsp3) is 0.526. The minimum atomic E-state index is -0.326. The second-order valence-electron chi connectivity index (χ2n) is 6.63. The van der Waals surface area contributed by atoms with Crippen LogP contribution in [0.15, 0.2) is 29.3 Å². The van der Waals surface area contributed by atoms with Crippen molar-refractivity contribution < 1.29 is 14.7 Å². The molecule has 0 radical (unpaired) electrons. The molecule has 0 aliphatic carbocycles. The molecular weight excluding hydrogens is 473 g/mol. The number of guanidine groups is 1. The highest BCUT2D eigenvalue weighted by molar-refractivity contribution is 14.0. The Kier molecular flexibility index (Phi) is 10.6. The zero-order valence-electron chi connectivity index (χ0n) is 16.2. The van der Waals surface area contributed by atoms with Gasteiger partial charge in [-0.1, -0.05) is 12.1 Å². The van der Waals surface area contributed by atoms with Crippen molar-refractivity contribution in [3.63, 3.8) is 0 Å². The summed E-state index contributed by atoms with van der Waals surface area (Å²) in [5.41, 5.74) is 5.58. The third kappa shape index (κ3) is 7.53. The SMILES string of the molecule is CCNC(=NCCNC(=O)c1ccccc1O)N1CCCC(CC(N)=O)C1.I. The van der Waals surface area contributed by atoms with Crippen LogP contribution in [0.25, 0.3) is 0 Å². The second-order valence-corrected chi connectivity index (χ2v) is 6.63. The van der Waals surface area contributed by atoms with E-state index in [-0.39, 0.29) is 53.0 Å². The number of hydrogen-bond acceptors (Lipinski definition) is 4. The molecule has 2 amide bonds. The minimum Gasteiger partial charge on any atom is -0.507 e. The van der Waals surface area contributed by atoms with E-state index in [1.54, 1.807) is 18.2 Å². The van der Waals surface area contributed by atoms with Crippen LogP contribution in [0.2, 0.25) is 0 Å². The van der Waals surface area contributed by atoms with Gasteiger partial charge in [0.2, 0.25) is 5.91 Å². The van der Waals surface area contributed by atoms with Crippen molar-refractivity contribution in [3.8, 4) is 5.75 Å². The molecule has 28 heavy (non-hydrogen) atoms. The van der Waals surface area contributed by atoms with Crippen LogP contribution in [-0.4, -0.2) is 60.5 Å². The standard InChI is InChI=1S/C19H29N5O3.HI/c1-2-21-19(24-11-5-6-14(13-24)12-17(20)26)23-10-9-22-18(27)15-7-3-4-8-16(15)25;/h3-4,7-8,14,25H,2,5-6,9-13H2,1H3,(H2,20,26)(H,21,23)(H,22,27);1H. The molecule has 1 heterocycles. The zero-order valence-corrected chi connectivity index (χ0v) is 18.5. The monoisotopic (exact) mass is 503 g/mol. The Morgan fingerprint density at radius 1 is 1.32 bits per heavy atom. The highest BCUT2D eigenvalue weighted by Gasteiger charge is 2.23. The molecule has 9 heteroatoms. The van der Waals surface area contributed by atoms with Gasteiger partial charge in [-0.2, -0.15) is 0 Å². The number of para-hydroxylation sites is 1. The average molecular weight is 503 g/mol. The number of aromatic hydroxyl groups is 1. The molecule has 1 aromatic carbocycles. The topological polar surface area (TPSA) is 120 Å². The number of carbonyl (C=O) groups excluding carboxylic acids is 2. The molecular formula is C19H30IN5O3. The number of nitrogens with two attached hydrogens (primary N) is 1. The van der Waals surface area contributed by atoms with E-state index < -0.39 is 0 Å². The summed E-state index contributed by atoms with van der Waals surface area (Å²) in [5.74, 6) is 0.397. The van der Waals surface area contributed by atoms with E-state index in [1.807, 2.05) is 6.92 Å². The molecule has 1 atom stereocenters. The summed E-state index contributed by atoms with van der Waals surface area (Å²) in [6, 6.07) is 6.43. The lowest BCUT2D eigenvalue weighted by Crippen LogP contribution is -2.47. The van der Waals surface area contributed by atoms with Gasteiger partial charge in [-0.3, -0.25) is 14.6 Å². The Labute approximate surface area is 183 Å². The highest BCUT2D eigenvalue weighted by Crippen LogP contribution is 2.19. The number of piperidine rings is 1. The first-order valence-electron chi connectivity index (χ1n) is 9.39. The molecule has 5 N–H and O–H groups in total. The van der Waals surface area contributed by atoms with Gasteiger partial charge in [0, 0.05) is 32.6 Å². The minimum absolute atomic E-state index is 0. The summed E-state index contributed by atoms with van der Waals surface area (Å²) < 4.78 is 0. The fourth-order valence-electron chi connectivity index (χ4n) is 3.23. The van der Waals surface area contributed by atoms with Crippen LogP contribution in [0.3, 0.4) is 0 Å². The van der Waals surface area contributed by atoms with Gasteiger partial charge in [-0.15, -0.1) is 24.0 Å². The number of phenolic OH excluding ortho intramolecular Hbond substituents is 1. The lowest BCUT2D eigenvalue weighted by atomic mass is 9.95. The summed E-state index contributed by atoms with van der Waals surface area (Å²) in [7, 11) is 0. The van der Waals surface area contributed by atoms with Gasteiger partial charge in [0.05, 0.1) is 12.1 Å². The van der Waals surface area contributed by atoms with E-state index in [0.717, 1.165) is 38.4 Å². The first-order valence-corrected chi connectivity index (χ1v) is 9.39. The maximum atomic E-state index is 12.1. The maximum absolute atomic E-state index is 12.1. The molecule has 2 rings (SSSR count). The number of phenols is 1. The summed E-state index contributed by atoms with van der Waals surface area (Å²) in [4.78, 5) is 30.0. The number of amides is 2. The number of nitrogens with zero attached hydrogens (tertiary/aromatic N) is 2. The Balaban J connectivity index is 0.00000392. The molecule has 1 aromatic rings. The zero-order chi connectivity index (χ0) is 19.6. The summed E-state index contributed by atoms with van der Waals surface area (Å²) in [6.07, 6.45) is 2.38. The Morgan fingerprint density at radius 3 is 2.75 bits per heavy atom. The van der Waals surface area contributed by atoms with Gasteiger partial charge >= 0.3 is 0 Å². The van der Waals surface area contributed by atoms with Gasteiger partial charge in [-0.05, 0) is 37.8 Å². The number of nitrogens with one attached hydrogen (secondary N) is 2. The van der Waals surface area contributed by atoms with Crippen LogP contribution < -0.4 is 16.4 Å². The molecule has 156 valence electrons. The molecule has 0 bridgehead atoms. The highest BCUT2D eigenvalue weighted by atomic mass is 127. The molecule has 1 saturated heterocycles. The van der Waals surface area contributed by atoms with Crippen LogP contribution >= 0.6 is 24.0 Å². The number of carbonyl (C=O) groups is 2. The van der Waals surface area contributed by atoms with E-state index >= 15 is 0 Å². The fourth-order valence-corrected chi connectivity index (χ4v) is 3.23. The summed E-state index contributed by atoms with van der Waals surface area (Å²) in [6.45, 7) is 5.14. The van der Waals surface area contributed by atoms with E-state index in [4.69, 9.17) is 5.73 Å². The lowest BCUT2D eigenvalue weighted by Gasteiger charge is -2.34. The van der Waals surface area contributed by atoms with E-state index in [1.165, 1.54) is 6.07 Å². The van der Waals surface area contributed by atoms with Crippen molar-refractivity contribution in [2.24, 2.45) is 16.6 Å². The molecule has 0 aromatic heterocycles. The number of primary amides is 1. The van der Waals surface area contributed by atoms with Gasteiger partial charge < -0.3 is 26.4 Å². The van der Waals surface area contributed by atoms with E-state index in [9.17, 15) is 14.7 Å². The van der Waals surface area contributed by atoms with Crippen molar-refractivity contribution in [3.05, 3.63) is 29.8 Å². The average Bonchev–Trinajstić information content (AvgIpc) is 2.64. The number of likely N-dealkylation sites (tertiary alicyclic amines) is 1. The summed E-state index contributed by atoms with van der Waals surface area (Å²) in [5, 5.41) is 15.7. The molecule has 0 spiro atoms. The number of benzene rings is 1. The molecule has 1 aliphatic heterocycles. The predicted octanol–water partition coefficient (Wildman–Crippen LogP) is 1.29. The van der Waals surface area contributed by atoms with E-state index in [2.05, 4.69) is 20.5 Å². The predicted molar refractivity (Wildman–Crippen MR) is 120 cm³/mol. The quantitative estimate of drug-likeness (QED) is 0.194. The Morgan fingerprint density at radius 2 is 2.07 bits per heavy atom. The van der Waals surface area contributed by atoms with Gasteiger partial charge in [0.1, 0.15) is 5.75 Å². The lowest BCUT2D eigenvalue weighted by molar-refractivity contribution is -0.119. The van der Waals surface area contributed by atoms with Crippen LogP contribution in [0, 0.1) is 5.92 Å². The van der Waals surface area contributed by atoms with Crippen molar-refractivity contribution >= 4 is 41.8 Å². The van der Waals surface area contributed by atoms with Crippen LogP contribution in [0.5, 0.6) is 5.75 Å². The van der Waals surface area contributed by atoms with Crippen molar-refractivity contribution in [2.45, 2.75) is 26.2 Å². The van der Waals surface area contributed by atoms with Crippen molar-refractivity contribution in [2.75, 3.05) is 32.7 Å². The third-order valence-electron chi connectivity index (χ3n) is 4.45. The Bertz CT molecular complexity index is 683. The molecule has 0 saturated carbocycles. The molecule has 1 unspecified atom stereocenters. The van der Waals surface area contributed by atoms with Crippen molar-refractivity contribution in [1.82, 2.24) is 15.5 Å². The van der Waals surface area contributed by atoms with Crippen molar-refractivity contribution in [1.29, 1.82) is 0 Å². The first kappa shape index (κ1) is 24.0. The van der Waals surface area contributed by atoms with Crippen LogP contribution in [-0.2, 0) is 4.79 Å². The molecule has 8 nitrogen and oxygen atoms in total. The smallest absolute Gasteiger partial charge is 0.255 e. The maximum Gasteiger partial charge on any atom is 0.255 e. The number of hydrogen-bond donors (Lipinski definition) is 4. The van der Waals surface area contributed by atoms with E-state index in [0.29, 0.717) is 19.5 Å².